The molecular weight excluding hydrogens is 248 g/mol. The second kappa shape index (κ2) is 3.77. The van der Waals surface area contributed by atoms with Crippen LogP contribution in [-0.2, 0) is 6.54 Å². The number of aromatic nitrogens is 3. The standard InChI is InChI=1S/C16H24N4/c17-15-14(13-1-2-13)20(19-18-15)9-16-6-10-3-11(7-16)5-12(4-10)8-16/h10-13H,1-9,17H2. The van der Waals surface area contributed by atoms with Gasteiger partial charge in [-0.25, -0.2) is 4.68 Å². The zero-order chi connectivity index (χ0) is 13.3. The first-order valence-corrected chi connectivity index (χ1v) is 8.40. The Labute approximate surface area is 120 Å². The molecule has 0 saturated heterocycles. The number of hydrogen-bond acceptors (Lipinski definition) is 3. The van der Waals surface area contributed by atoms with Crippen LogP contribution in [0.2, 0.25) is 0 Å². The average Bonchev–Trinajstić information content (AvgIpc) is 3.13. The van der Waals surface area contributed by atoms with Gasteiger partial charge in [0.05, 0.1) is 5.69 Å². The van der Waals surface area contributed by atoms with Crippen molar-refractivity contribution in [2.45, 2.75) is 63.8 Å². The molecule has 5 aliphatic rings. The predicted octanol–water partition coefficient (Wildman–Crippen LogP) is 2.95. The molecule has 2 N–H and O–H groups in total. The second-order valence-electron chi connectivity index (χ2n) is 8.21. The van der Waals surface area contributed by atoms with Crippen molar-refractivity contribution in [3.8, 4) is 0 Å². The fraction of sp³-hybridized carbons (Fsp3) is 0.875. The van der Waals surface area contributed by atoms with Gasteiger partial charge < -0.3 is 5.73 Å². The lowest BCUT2D eigenvalue weighted by atomic mass is 9.49. The minimum atomic E-state index is 0.526. The molecule has 0 aromatic carbocycles. The molecule has 0 unspecified atom stereocenters. The van der Waals surface area contributed by atoms with Crippen LogP contribution < -0.4 is 5.73 Å². The molecule has 4 nitrogen and oxygen atoms in total. The fourth-order valence-corrected chi connectivity index (χ4v) is 6.03. The van der Waals surface area contributed by atoms with E-state index in [-0.39, 0.29) is 0 Å². The van der Waals surface area contributed by atoms with Crippen molar-refractivity contribution >= 4 is 5.82 Å². The van der Waals surface area contributed by atoms with Crippen LogP contribution >= 0.6 is 0 Å². The van der Waals surface area contributed by atoms with Gasteiger partial charge in [0, 0.05) is 12.5 Å². The van der Waals surface area contributed by atoms with Crippen molar-refractivity contribution < 1.29 is 0 Å². The molecule has 5 aliphatic carbocycles. The Hall–Kier alpha value is -1.06. The molecule has 4 bridgehead atoms. The van der Waals surface area contributed by atoms with Crippen LogP contribution in [0.4, 0.5) is 5.82 Å². The highest BCUT2D eigenvalue weighted by molar-refractivity contribution is 5.38. The molecule has 1 aromatic rings. The number of nitrogens with zero attached hydrogens (tertiary/aromatic N) is 3. The van der Waals surface area contributed by atoms with E-state index in [1.807, 2.05) is 0 Å². The molecule has 4 heteroatoms. The molecule has 108 valence electrons. The zero-order valence-corrected chi connectivity index (χ0v) is 12.1. The summed E-state index contributed by atoms with van der Waals surface area (Å²) in [6, 6.07) is 0. The summed E-state index contributed by atoms with van der Waals surface area (Å²) < 4.78 is 2.19. The van der Waals surface area contributed by atoms with E-state index in [9.17, 15) is 0 Å². The third-order valence-corrected chi connectivity index (χ3v) is 6.42. The average molecular weight is 272 g/mol. The van der Waals surface area contributed by atoms with E-state index in [0.717, 1.165) is 24.3 Å². The van der Waals surface area contributed by atoms with Crippen molar-refractivity contribution in [1.29, 1.82) is 0 Å². The number of hydrogen-bond donors (Lipinski definition) is 1. The van der Waals surface area contributed by atoms with E-state index in [0.29, 0.717) is 17.2 Å². The summed E-state index contributed by atoms with van der Waals surface area (Å²) in [5, 5.41) is 8.56. The highest BCUT2D eigenvalue weighted by Gasteiger charge is 2.51. The van der Waals surface area contributed by atoms with Gasteiger partial charge >= 0.3 is 0 Å². The Morgan fingerprint density at radius 3 is 2.20 bits per heavy atom. The second-order valence-corrected chi connectivity index (χ2v) is 8.21. The van der Waals surface area contributed by atoms with Crippen LogP contribution in [0.15, 0.2) is 0 Å². The largest absolute Gasteiger partial charge is 0.381 e. The molecule has 0 radical (unpaired) electrons. The number of nitrogen functional groups attached to an aromatic ring is 1. The number of rotatable bonds is 3. The smallest absolute Gasteiger partial charge is 0.169 e. The summed E-state index contributed by atoms with van der Waals surface area (Å²) in [7, 11) is 0. The van der Waals surface area contributed by atoms with E-state index in [1.165, 1.54) is 57.1 Å². The van der Waals surface area contributed by atoms with Crippen molar-refractivity contribution in [3.05, 3.63) is 5.69 Å². The highest BCUT2D eigenvalue weighted by atomic mass is 15.4. The third kappa shape index (κ3) is 1.66. The normalized spacial score (nSPS) is 42.3. The maximum atomic E-state index is 6.05. The molecule has 0 amide bonds. The highest BCUT2D eigenvalue weighted by Crippen LogP contribution is 2.60. The molecule has 0 aliphatic heterocycles. The summed E-state index contributed by atoms with van der Waals surface area (Å²) in [6.45, 7) is 1.09. The molecule has 1 aromatic heterocycles. The Balaban J connectivity index is 1.46. The first-order chi connectivity index (χ1) is 9.71. The molecule has 1 heterocycles. The van der Waals surface area contributed by atoms with E-state index in [1.54, 1.807) is 0 Å². The molecule has 5 fully saturated rings. The first-order valence-electron chi connectivity index (χ1n) is 8.40. The third-order valence-electron chi connectivity index (χ3n) is 6.42. The van der Waals surface area contributed by atoms with Gasteiger partial charge in [-0.2, -0.15) is 0 Å². The Bertz CT molecular complexity index is 507. The van der Waals surface area contributed by atoms with Gasteiger partial charge in [-0.05, 0) is 74.5 Å². The van der Waals surface area contributed by atoms with Crippen LogP contribution in [0.1, 0.15) is 63.0 Å². The quantitative estimate of drug-likeness (QED) is 0.920. The van der Waals surface area contributed by atoms with Crippen LogP contribution in [0.25, 0.3) is 0 Å². The summed E-state index contributed by atoms with van der Waals surface area (Å²) >= 11 is 0. The van der Waals surface area contributed by atoms with Gasteiger partial charge in [-0.1, -0.05) is 5.21 Å². The van der Waals surface area contributed by atoms with E-state index >= 15 is 0 Å². The zero-order valence-electron chi connectivity index (χ0n) is 12.1. The molecular formula is C16H24N4. The molecule has 20 heavy (non-hydrogen) atoms. The van der Waals surface area contributed by atoms with E-state index in [4.69, 9.17) is 5.73 Å². The van der Waals surface area contributed by atoms with Crippen LogP contribution in [0.3, 0.4) is 0 Å². The SMILES string of the molecule is Nc1nnn(CC23CC4CC(CC(C4)C2)C3)c1C1CC1. The van der Waals surface area contributed by atoms with Crippen LogP contribution in [0.5, 0.6) is 0 Å². The van der Waals surface area contributed by atoms with E-state index in [2.05, 4.69) is 15.0 Å². The Morgan fingerprint density at radius 2 is 1.65 bits per heavy atom. The summed E-state index contributed by atoms with van der Waals surface area (Å²) in [5.41, 5.74) is 7.83. The van der Waals surface area contributed by atoms with Crippen LogP contribution in [-0.4, -0.2) is 15.0 Å². The van der Waals surface area contributed by atoms with Gasteiger partial charge in [-0.3, -0.25) is 0 Å². The Kier molecular flexibility index (Phi) is 2.19. The molecule has 0 atom stereocenters. The lowest BCUT2D eigenvalue weighted by molar-refractivity contribution is -0.0641. The van der Waals surface area contributed by atoms with Gasteiger partial charge in [0.15, 0.2) is 5.82 Å². The Morgan fingerprint density at radius 1 is 1.05 bits per heavy atom. The lowest BCUT2D eigenvalue weighted by Gasteiger charge is -2.56. The minimum Gasteiger partial charge on any atom is -0.381 e. The van der Waals surface area contributed by atoms with Gasteiger partial charge in [0.25, 0.3) is 0 Å². The monoisotopic (exact) mass is 272 g/mol. The molecule has 6 rings (SSSR count). The molecule has 5 saturated carbocycles. The van der Waals surface area contributed by atoms with Crippen molar-refractivity contribution in [1.82, 2.24) is 15.0 Å². The number of nitrogens with two attached hydrogens (primary N) is 1. The van der Waals surface area contributed by atoms with Crippen molar-refractivity contribution in [2.24, 2.45) is 23.2 Å². The van der Waals surface area contributed by atoms with Crippen molar-refractivity contribution in [2.75, 3.05) is 5.73 Å². The van der Waals surface area contributed by atoms with Crippen LogP contribution in [0, 0.1) is 23.2 Å². The molecule has 0 spiro atoms. The number of anilines is 1. The first kappa shape index (κ1) is 11.6. The lowest BCUT2D eigenvalue weighted by Crippen LogP contribution is -2.48. The predicted molar refractivity (Wildman–Crippen MR) is 77.0 cm³/mol. The van der Waals surface area contributed by atoms with Crippen molar-refractivity contribution in [3.63, 3.8) is 0 Å². The van der Waals surface area contributed by atoms with E-state index < -0.39 is 0 Å². The maximum absolute atomic E-state index is 6.05. The maximum Gasteiger partial charge on any atom is 0.169 e. The van der Waals surface area contributed by atoms with Gasteiger partial charge in [0.1, 0.15) is 0 Å². The summed E-state index contributed by atoms with van der Waals surface area (Å²) in [4.78, 5) is 0. The minimum absolute atomic E-state index is 0.526. The fourth-order valence-electron chi connectivity index (χ4n) is 6.03. The topological polar surface area (TPSA) is 56.7 Å². The summed E-state index contributed by atoms with van der Waals surface area (Å²) in [6.07, 6.45) is 11.4. The summed E-state index contributed by atoms with van der Waals surface area (Å²) in [5.74, 6) is 4.36. The van der Waals surface area contributed by atoms with Gasteiger partial charge in [0.2, 0.25) is 0 Å². The van der Waals surface area contributed by atoms with Gasteiger partial charge in [-0.15, -0.1) is 5.10 Å².